The Morgan fingerprint density at radius 2 is 1.60 bits per heavy atom. The van der Waals surface area contributed by atoms with Crippen molar-refractivity contribution in [2.24, 2.45) is 0 Å². The van der Waals surface area contributed by atoms with Crippen molar-refractivity contribution >= 4 is 11.9 Å². The van der Waals surface area contributed by atoms with E-state index in [9.17, 15) is 14.7 Å². The molecular weight excluding hydrogens is 508 g/mol. The van der Waals surface area contributed by atoms with Gasteiger partial charge in [0.05, 0.1) is 25.9 Å². The summed E-state index contributed by atoms with van der Waals surface area (Å²) in [6.45, 7) is 4.11. The Morgan fingerprint density at radius 1 is 0.925 bits per heavy atom. The Bertz CT molecular complexity index is 1160. The number of hydrogen-bond acceptors (Lipinski definition) is 7. The predicted molar refractivity (Wildman–Crippen MR) is 150 cm³/mol. The fraction of sp³-hybridized carbons (Fsp3) is 0.500. The minimum Gasteiger partial charge on any atom is -0.465 e. The number of methoxy groups -OCH3 is 1. The first kappa shape index (κ1) is 28.3. The molecule has 0 spiro atoms. The van der Waals surface area contributed by atoms with Gasteiger partial charge in [-0.1, -0.05) is 42.8 Å². The number of amides is 1. The van der Waals surface area contributed by atoms with Crippen molar-refractivity contribution in [3.8, 4) is 0 Å². The smallest absolute Gasteiger partial charge is 0.337 e. The summed E-state index contributed by atoms with van der Waals surface area (Å²) in [4.78, 5) is 30.1. The highest BCUT2D eigenvalue weighted by Gasteiger charge is 2.34. The predicted octanol–water partition coefficient (Wildman–Crippen LogP) is 4.37. The largest absolute Gasteiger partial charge is 0.465 e. The number of carbonyl (C=O) groups is 2. The molecule has 2 fully saturated rings. The Labute approximate surface area is 236 Å². The average molecular weight is 549 g/mol. The number of piperidine rings is 2. The molecule has 8 nitrogen and oxygen atoms in total. The van der Waals surface area contributed by atoms with Crippen molar-refractivity contribution in [3.05, 3.63) is 82.6 Å². The molecule has 0 aliphatic carbocycles. The van der Waals surface area contributed by atoms with Crippen molar-refractivity contribution in [1.29, 1.82) is 0 Å². The van der Waals surface area contributed by atoms with Gasteiger partial charge in [-0.15, -0.1) is 0 Å². The van der Waals surface area contributed by atoms with Crippen LogP contribution in [0.4, 0.5) is 0 Å². The van der Waals surface area contributed by atoms with Crippen LogP contribution in [-0.2, 0) is 32.2 Å². The van der Waals surface area contributed by atoms with Crippen molar-refractivity contribution in [2.75, 3.05) is 33.3 Å². The van der Waals surface area contributed by atoms with Crippen LogP contribution in [0.2, 0.25) is 0 Å². The maximum absolute atomic E-state index is 13.7. The summed E-state index contributed by atoms with van der Waals surface area (Å²) in [5.41, 5.74) is 3.26. The Morgan fingerprint density at radius 3 is 2.25 bits per heavy atom. The molecule has 2 atom stereocenters. The van der Waals surface area contributed by atoms with Crippen LogP contribution in [0.25, 0.3) is 0 Å². The lowest BCUT2D eigenvalue weighted by atomic mass is 9.92. The second-order valence-corrected chi connectivity index (χ2v) is 10.9. The molecule has 40 heavy (non-hydrogen) atoms. The van der Waals surface area contributed by atoms with E-state index in [1.807, 2.05) is 47.4 Å². The SMILES string of the molecule is COC(=O)c1ccc(C2C=C(C(=O)N3CCC(N4CCCCC4)CC3)OC(OCc3ccc(CO)cc3)C2)cc1. The lowest BCUT2D eigenvalue weighted by Gasteiger charge is -2.40. The van der Waals surface area contributed by atoms with E-state index in [2.05, 4.69) is 4.90 Å². The molecule has 1 N–H and O–H groups in total. The first-order chi connectivity index (χ1) is 19.5. The van der Waals surface area contributed by atoms with E-state index in [1.54, 1.807) is 12.1 Å². The number of aliphatic hydroxyl groups is 1. The first-order valence-corrected chi connectivity index (χ1v) is 14.4. The van der Waals surface area contributed by atoms with E-state index >= 15 is 0 Å². The number of esters is 1. The highest BCUT2D eigenvalue weighted by Crippen LogP contribution is 2.33. The van der Waals surface area contributed by atoms with Crippen LogP contribution in [-0.4, -0.2) is 72.4 Å². The van der Waals surface area contributed by atoms with Gasteiger partial charge in [0.25, 0.3) is 5.91 Å². The third-order valence-corrected chi connectivity index (χ3v) is 8.33. The molecule has 214 valence electrons. The number of benzene rings is 2. The maximum atomic E-state index is 13.7. The molecule has 0 saturated carbocycles. The molecule has 3 aliphatic heterocycles. The molecule has 8 heteroatoms. The van der Waals surface area contributed by atoms with E-state index in [-0.39, 0.29) is 24.4 Å². The summed E-state index contributed by atoms with van der Waals surface area (Å²) in [5, 5.41) is 9.31. The van der Waals surface area contributed by atoms with Crippen LogP contribution in [0.1, 0.15) is 71.5 Å². The van der Waals surface area contributed by atoms with Crippen molar-refractivity contribution in [3.63, 3.8) is 0 Å². The van der Waals surface area contributed by atoms with Crippen molar-refractivity contribution < 1.29 is 28.9 Å². The van der Waals surface area contributed by atoms with Gasteiger partial charge in [0.2, 0.25) is 6.29 Å². The van der Waals surface area contributed by atoms with E-state index in [1.165, 1.54) is 39.5 Å². The van der Waals surface area contributed by atoms with Crippen LogP contribution in [0.3, 0.4) is 0 Å². The summed E-state index contributed by atoms with van der Waals surface area (Å²) < 4.78 is 17.2. The Kier molecular flexibility index (Phi) is 9.52. The average Bonchev–Trinajstić information content (AvgIpc) is 3.03. The molecule has 2 unspecified atom stereocenters. The zero-order valence-corrected chi connectivity index (χ0v) is 23.3. The number of ether oxygens (including phenoxy) is 3. The van der Waals surface area contributed by atoms with Gasteiger partial charge in [0, 0.05) is 31.5 Å². The number of carbonyl (C=O) groups excluding carboxylic acids is 2. The zero-order valence-electron chi connectivity index (χ0n) is 23.3. The van der Waals surface area contributed by atoms with Gasteiger partial charge in [-0.25, -0.2) is 4.79 Å². The second kappa shape index (κ2) is 13.4. The number of rotatable bonds is 8. The van der Waals surface area contributed by atoms with Gasteiger partial charge in [0.1, 0.15) is 0 Å². The van der Waals surface area contributed by atoms with Crippen LogP contribution in [0.5, 0.6) is 0 Å². The second-order valence-electron chi connectivity index (χ2n) is 10.9. The van der Waals surface area contributed by atoms with Gasteiger partial charge in [-0.2, -0.15) is 0 Å². The van der Waals surface area contributed by atoms with Gasteiger partial charge in [-0.3, -0.25) is 4.79 Å². The molecular formula is C32H40N2O6. The molecule has 2 aromatic rings. The summed E-state index contributed by atoms with van der Waals surface area (Å²) in [5.74, 6) is -0.252. The first-order valence-electron chi connectivity index (χ1n) is 14.4. The quantitative estimate of drug-likeness (QED) is 0.490. The molecule has 0 bridgehead atoms. The minimum atomic E-state index is -0.599. The minimum absolute atomic E-state index is 0.00509. The van der Waals surface area contributed by atoms with E-state index in [4.69, 9.17) is 14.2 Å². The van der Waals surface area contributed by atoms with Crippen LogP contribution < -0.4 is 0 Å². The molecule has 5 rings (SSSR count). The van der Waals surface area contributed by atoms with Gasteiger partial charge >= 0.3 is 5.97 Å². The molecule has 3 heterocycles. The molecule has 1 amide bonds. The zero-order chi connectivity index (χ0) is 27.9. The third-order valence-electron chi connectivity index (χ3n) is 8.33. The van der Waals surface area contributed by atoms with Crippen molar-refractivity contribution in [1.82, 2.24) is 9.80 Å². The lowest BCUT2D eigenvalue weighted by Crippen LogP contribution is -2.49. The third kappa shape index (κ3) is 6.92. The van der Waals surface area contributed by atoms with Crippen LogP contribution in [0, 0.1) is 0 Å². The number of hydrogen-bond donors (Lipinski definition) is 1. The molecule has 0 radical (unpaired) electrons. The normalized spacial score (nSPS) is 22.4. The maximum Gasteiger partial charge on any atom is 0.337 e. The fourth-order valence-corrected chi connectivity index (χ4v) is 5.93. The van der Waals surface area contributed by atoms with Crippen molar-refractivity contribution in [2.45, 2.75) is 70.0 Å². The van der Waals surface area contributed by atoms with E-state index in [0.717, 1.165) is 42.6 Å². The fourth-order valence-electron chi connectivity index (χ4n) is 5.93. The lowest BCUT2D eigenvalue weighted by molar-refractivity contribution is -0.157. The Balaban J connectivity index is 1.28. The summed E-state index contributed by atoms with van der Waals surface area (Å²) >= 11 is 0. The highest BCUT2D eigenvalue weighted by molar-refractivity contribution is 5.92. The molecule has 2 aromatic carbocycles. The topological polar surface area (TPSA) is 88.5 Å². The number of aliphatic hydroxyl groups excluding tert-OH is 1. The monoisotopic (exact) mass is 548 g/mol. The van der Waals surface area contributed by atoms with Crippen LogP contribution in [0.15, 0.2) is 60.4 Å². The number of likely N-dealkylation sites (tertiary alicyclic amines) is 2. The highest BCUT2D eigenvalue weighted by atomic mass is 16.7. The standard InChI is InChI=1S/C32H40N2O6/c1-38-32(37)26-11-9-25(10-12-26)27-19-29(40-30(20-27)39-22-24-7-5-23(21-35)6-8-24)31(36)34-17-13-28(14-18-34)33-15-3-2-4-16-33/h5-12,19,27-28,30,35H,2-4,13-18,20-22H2,1H3. The summed E-state index contributed by atoms with van der Waals surface area (Å²) in [6.07, 6.45) is 7.69. The number of nitrogens with zero attached hydrogens (tertiary/aromatic N) is 2. The summed E-state index contributed by atoms with van der Waals surface area (Å²) in [6, 6.07) is 15.4. The Hall–Kier alpha value is -3.20. The van der Waals surface area contributed by atoms with Crippen LogP contribution >= 0.6 is 0 Å². The molecule has 0 aromatic heterocycles. The molecule has 3 aliphatic rings. The summed E-state index contributed by atoms with van der Waals surface area (Å²) in [7, 11) is 1.37. The van der Waals surface area contributed by atoms with Gasteiger partial charge < -0.3 is 29.1 Å². The van der Waals surface area contributed by atoms with E-state index < -0.39 is 6.29 Å². The van der Waals surface area contributed by atoms with E-state index in [0.29, 0.717) is 30.4 Å². The number of allylic oxidation sites excluding steroid dienone is 1. The van der Waals surface area contributed by atoms with Gasteiger partial charge in [-0.05, 0) is 73.7 Å². The van der Waals surface area contributed by atoms with Gasteiger partial charge in [0.15, 0.2) is 5.76 Å². The molecule has 2 saturated heterocycles.